The molecule has 1 heterocycles. The molecule has 0 aromatic heterocycles. The molecule has 0 radical (unpaired) electrons. The lowest BCUT2D eigenvalue weighted by atomic mass is 9.96. The van der Waals surface area contributed by atoms with Crippen LogP contribution in [-0.2, 0) is 18.7 Å². The summed E-state index contributed by atoms with van der Waals surface area (Å²) in [5.41, 5.74) is -0.190. The minimum atomic E-state index is -1.76. The highest BCUT2D eigenvalue weighted by atomic mass is 28.4. The lowest BCUT2D eigenvalue weighted by Crippen LogP contribution is -2.41. The van der Waals surface area contributed by atoms with Crippen LogP contribution in [0.15, 0.2) is 0 Å². The Bertz CT molecular complexity index is 352. The van der Waals surface area contributed by atoms with E-state index in [0.29, 0.717) is 13.0 Å². The Hall–Kier alpha value is -0.393. The van der Waals surface area contributed by atoms with Crippen molar-refractivity contribution in [2.75, 3.05) is 6.61 Å². The highest BCUT2D eigenvalue weighted by Crippen LogP contribution is 2.37. The first kappa shape index (κ1) is 17.7. The summed E-state index contributed by atoms with van der Waals surface area (Å²) in [6, 6.07) is 0. The molecular weight excluding hydrogens is 272 g/mol. The van der Waals surface area contributed by atoms with E-state index in [0.717, 1.165) is 0 Å². The third kappa shape index (κ3) is 4.30. The molecule has 1 aliphatic rings. The van der Waals surface area contributed by atoms with E-state index in [1.165, 1.54) is 0 Å². The van der Waals surface area contributed by atoms with Crippen LogP contribution in [0.2, 0.25) is 18.1 Å². The van der Waals surface area contributed by atoms with Crippen LogP contribution in [0, 0.1) is 5.41 Å². The summed E-state index contributed by atoms with van der Waals surface area (Å²) in [7, 11) is -1.76. The van der Waals surface area contributed by atoms with Crippen molar-refractivity contribution in [1.29, 1.82) is 0 Å². The normalized spacial score (nSPS) is 24.9. The molecule has 1 saturated heterocycles. The van der Waals surface area contributed by atoms with Gasteiger partial charge in [-0.1, -0.05) is 41.5 Å². The fraction of sp³-hybridized carbons (Fsp3) is 0.933. The molecule has 0 N–H and O–H groups in total. The number of cyclic esters (lactones) is 1. The Labute approximate surface area is 124 Å². The maximum Gasteiger partial charge on any atom is 0.337 e. The van der Waals surface area contributed by atoms with Crippen LogP contribution in [0.1, 0.15) is 48.0 Å². The molecule has 0 spiro atoms. The third-order valence-corrected chi connectivity index (χ3v) is 8.67. The van der Waals surface area contributed by atoms with Crippen molar-refractivity contribution in [2.24, 2.45) is 5.41 Å². The second-order valence-corrected chi connectivity index (χ2v) is 13.0. The van der Waals surface area contributed by atoms with Crippen molar-refractivity contribution < 1.29 is 18.7 Å². The van der Waals surface area contributed by atoms with E-state index in [4.69, 9.17) is 13.9 Å². The lowest BCUT2D eigenvalue weighted by Gasteiger charge is -2.36. The summed E-state index contributed by atoms with van der Waals surface area (Å²) in [4.78, 5) is 11.8. The van der Waals surface area contributed by atoms with E-state index in [2.05, 4.69) is 33.9 Å². The van der Waals surface area contributed by atoms with Gasteiger partial charge in [0, 0.05) is 18.4 Å². The van der Waals surface area contributed by atoms with Crippen LogP contribution in [0.5, 0.6) is 0 Å². The van der Waals surface area contributed by atoms with Crippen molar-refractivity contribution in [1.82, 2.24) is 0 Å². The predicted molar refractivity (Wildman–Crippen MR) is 82.0 cm³/mol. The van der Waals surface area contributed by atoms with Crippen molar-refractivity contribution in [3.8, 4) is 0 Å². The number of hydrogen-bond donors (Lipinski definition) is 0. The van der Waals surface area contributed by atoms with Crippen LogP contribution in [0.25, 0.3) is 0 Å². The Morgan fingerprint density at radius 3 is 2.10 bits per heavy atom. The predicted octanol–water partition coefficient (Wildman–Crippen LogP) is 3.71. The van der Waals surface area contributed by atoms with Gasteiger partial charge < -0.3 is 13.9 Å². The maximum atomic E-state index is 11.8. The molecule has 5 heteroatoms. The van der Waals surface area contributed by atoms with Gasteiger partial charge in [0.25, 0.3) is 0 Å². The highest BCUT2D eigenvalue weighted by Gasteiger charge is 2.42. The number of hydrogen-bond acceptors (Lipinski definition) is 4. The number of rotatable bonds is 4. The quantitative estimate of drug-likeness (QED) is 0.586. The van der Waals surface area contributed by atoms with Crippen LogP contribution in [0.4, 0.5) is 0 Å². The van der Waals surface area contributed by atoms with Gasteiger partial charge in [-0.15, -0.1) is 0 Å². The molecule has 2 atom stereocenters. The minimum absolute atomic E-state index is 0.179. The molecule has 0 aliphatic carbocycles. The molecule has 1 rings (SSSR count). The largest absolute Gasteiger partial charge is 0.433 e. The van der Waals surface area contributed by atoms with Gasteiger partial charge in [0.2, 0.25) is 6.29 Å². The summed E-state index contributed by atoms with van der Waals surface area (Å²) in [5.74, 6) is -0.260. The summed E-state index contributed by atoms with van der Waals surface area (Å²) in [6.45, 7) is 17.6. The highest BCUT2D eigenvalue weighted by molar-refractivity contribution is 6.74. The van der Waals surface area contributed by atoms with Gasteiger partial charge in [-0.2, -0.15) is 0 Å². The van der Waals surface area contributed by atoms with Crippen molar-refractivity contribution >= 4 is 14.3 Å². The van der Waals surface area contributed by atoms with Gasteiger partial charge in [0.1, 0.15) is 0 Å². The van der Waals surface area contributed by atoms with E-state index >= 15 is 0 Å². The van der Waals surface area contributed by atoms with E-state index in [1.54, 1.807) is 0 Å². The van der Waals surface area contributed by atoms with Crippen molar-refractivity contribution in [2.45, 2.75) is 78.5 Å². The van der Waals surface area contributed by atoms with E-state index < -0.39 is 20.7 Å². The van der Waals surface area contributed by atoms with E-state index in [1.807, 2.05) is 20.8 Å². The first-order valence-electron chi connectivity index (χ1n) is 7.34. The Morgan fingerprint density at radius 2 is 1.70 bits per heavy atom. The molecule has 0 amide bonds. The molecule has 0 unspecified atom stereocenters. The maximum absolute atomic E-state index is 11.8. The first-order chi connectivity index (χ1) is 8.84. The summed E-state index contributed by atoms with van der Waals surface area (Å²) in [5, 5.41) is 0.179. The average Bonchev–Trinajstić information content (AvgIpc) is 2.58. The van der Waals surface area contributed by atoms with Gasteiger partial charge in [0.15, 0.2) is 14.4 Å². The van der Waals surface area contributed by atoms with E-state index in [9.17, 15) is 4.79 Å². The molecule has 0 aromatic carbocycles. The Kier molecular flexibility index (Phi) is 5.10. The zero-order chi connectivity index (χ0) is 15.8. The molecule has 0 aromatic rings. The summed E-state index contributed by atoms with van der Waals surface area (Å²) in [6.07, 6.45) is -0.366. The molecular formula is C15H30O4Si. The second kappa shape index (κ2) is 5.77. The van der Waals surface area contributed by atoms with Gasteiger partial charge in [-0.05, 0) is 18.1 Å². The van der Waals surface area contributed by atoms with Crippen LogP contribution < -0.4 is 0 Å². The van der Waals surface area contributed by atoms with Gasteiger partial charge in [0.05, 0.1) is 0 Å². The average molecular weight is 302 g/mol. The van der Waals surface area contributed by atoms with Crippen LogP contribution in [0.3, 0.4) is 0 Å². The van der Waals surface area contributed by atoms with Crippen molar-refractivity contribution in [3.63, 3.8) is 0 Å². The number of esters is 1. The second-order valence-electron chi connectivity index (χ2n) is 8.16. The van der Waals surface area contributed by atoms with Gasteiger partial charge >= 0.3 is 5.97 Å². The fourth-order valence-electron chi connectivity index (χ4n) is 1.62. The SMILES string of the molecule is CC(C)(C)[C@@H]1OC(=O)[C@H](CCO[Si](C)(C)C(C)(C)C)O1. The molecule has 20 heavy (non-hydrogen) atoms. The molecule has 1 aliphatic heterocycles. The zero-order valence-electron chi connectivity index (χ0n) is 14.2. The Morgan fingerprint density at radius 1 is 1.15 bits per heavy atom. The first-order valence-corrected chi connectivity index (χ1v) is 10.3. The van der Waals surface area contributed by atoms with Crippen LogP contribution >= 0.6 is 0 Å². The molecule has 0 bridgehead atoms. The van der Waals surface area contributed by atoms with Crippen LogP contribution in [-0.4, -0.2) is 33.3 Å². The lowest BCUT2D eigenvalue weighted by molar-refractivity contribution is -0.154. The molecule has 1 fully saturated rings. The van der Waals surface area contributed by atoms with Gasteiger partial charge in [-0.3, -0.25) is 0 Å². The molecule has 118 valence electrons. The zero-order valence-corrected chi connectivity index (χ0v) is 15.2. The summed E-state index contributed by atoms with van der Waals surface area (Å²) >= 11 is 0. The van der Waals surface area contributed by atoms with Gasteiger partial charge in [-0.25, -0.2) is 4.79 Å². The smallest absolute Gasteiger partial charge is 0.337 e. The molecule has 0 saturated carbocycles. The fourth-order valence-corrected chi connectivity index (χ4v) is 2.68. The molecule has 4 nitrogen and oxygen atoms in total. The summed E-state index contributed by atoms with van der Waals surface area (Å²) < 4.78 is 17.1. The van der Waals surface area contributed by atoms with E-state index in [-0.39, 0.29) is 16.4 Å². The number of carbonyl (C=O) groups excluding carboxylic acids is 1. The van der Waals surface area contributed by atoms with Crippen molar-refractivity contribution in [3.05, 3.63) is 0 Å². The third-order valence-electron chi connectivity index (χ3n) is 4.13. The minimum Gasteiger partial charge on any atom is -0.433 e. The standard InChI is InChI=1S/C15H30O4Si/c1-14(2,3)13-18-11(12(16)19-13)9-10-17-20(7,8)15(4,5)6/h11,13H,9-10H2,1-8H3/t11-,13-/m0/s1. The monoisotopic (exact) mass is 302 g/mol. The number of carbonyl (C=O) groups is 1. The number of ether oxygens (including phenoxy) is 2. The Balaban J connectivity index is 2.46. The topological polar surface area (TPSA) is 44.8 Å².